The first-order valence-electron chi connectivity index (χ1n) is 3.85. The number of rotatable bonds is 1. The van der Waals surface area contributed by atoms with Crippen molar-refractivity contribution in [1.82, 2.24) is 19.5 Å². The number of aromatic nitrogens is 4. The molecule has 5 nitrogen and oxygen atoms in total. The molecule has 0 aromatic carbocycles. The summed E-state index contributed by atoms with van der Waals surface area (Å²) in [6.45, 7) is 0. The molecule has 2 aromatic rings. The van der Waals surface area contributed by atoms with Crippen molar-refractivity contribution >= 4 is 42.2 Å². The summed E-state index contributed by atoms with van der Waals surface area (Å²) in [5.74, 6) is 0. The van der Waals surface area contributed by atoms with Crippen LogP contribution in [-0.4, -0.2) is 23.7 Å². The van der Waals surface area contributed by atoms with Crippen molar-refractivity contribution in [2.24, 2.45) is 0 Å². The average Bonchev–Trinajstić information content (AvgIpc) is 2.94. The van der Waals surface area contributed by atoms with Gasteiger partial charge in [0.25, 0.3) is 0 Å². The summed E-state index contributed by atoms with van der Waals surface area (Å²) in [6.07, 6.45) is 10.3. The van der Waals surface area contributed by atoms with Gasteiger partial charge in [-0.05, 0) is 0 Å². The van der Waals surface area contributed by atoms with Gasteiger partial charge < -0.3 is 9.55 Å². The minimum atomic E-state index is -1.67. The molecule has 0 unspecified atom stereocenters. The number of H-pyrrole nitrogens is 1. The fourth-order valence-electron chi connectivity index (χ4n) is 0.573. The molecule has 0 spiro atoms. The first kappa shape index (κ1) is 15.4. The first-order chi connectivity index (χ1) is 7.66. The summed E-state index contributed by atoms with van der Waals surface area (Å²) in [6, 6.07) is 0.486. The molecule has 9 heteroatoms. The van der Waals surface area contributed by atoms with E-state index < -0.39 is 9.23 Å². The SMILES string of the molecule is ClCn1ccnc1.O=S(Cl)Cl.c1c[nH]cn1. The Morgan fingerprint density at radius 2 is 2.00 bits per heavy atom. The van der Waals surface area contributed by atoms with Crippen molar-refractivity contribution in [1.29, 1.82) is 0 Å². The van der Waals surface area contributed by atoms with Crippen LogP contribution >= 0.6 is 33.0 Å². The van der Waals surface area contributed by atoms with Gasteiger partial charge in [0.1, 0.15) is 0 Å². The second-order valence-electron chi connectivity index (χ2n) is 2.14. The molecule has 2 heterocycles. The third kappa shape index (κ3) is 11.5. The van der Waals surface area contributed by atoms with E-state index in [9.17, 15) is 0 Å². The monoisotopic (exact) mass is 302 g/mol. The van der Waals surface area contributed by atoms with Crippen LogP contribution in [0, 0.1) is 0 Å². The first-order valence-corrected chi connectivity index (χ1v) is 7.19. The quantitative estimate of drug-likeness (QED) is 0.650. The molecule has 0 aliphatic heterocycles. The topological polar surface area (TPSA) is 63.6 Å². The summed E-state index contributed by atoms with van der Waals surface area (Å²) >= 11 is 5.39. The summed E-state index contributed by atoms with van der Waals surface area (Å²) in [4.78, 5) is 10.2. The van der Waals surface area contributed by atoms with Crippen molar-refractivity contribution in [3.63, 3.8) is 0 Å². The normalized spacial score (nSPS) is 8.75. The second-order valence-corrected chi connectivity index (χ2v) is 4.90. The Balaban J connectivity index is 0.000000222. The van der Waals surface area contributed by atoms with Gasteiger partial charge in [0.2, 0.25) is 9.23 Å². The largest absolute Gasteiger partial charge is 0.351 e. The molecule has 0 bridgehead atoms. The summed E-state index contributed by atoms with van der Waals surface area (Å²) < 4.78 is 10.9. The molecular formula is C7H9Cl3N4OS. The number of alkyl halides is 1. The molecular weight excluding hydrogens is 295 g/mol. The third-order valence-electron chi connectivity index (χ3n) is 1.10. The molecule has 0 amide bonds. The van der Waals surface area contributed by atoms with Crippen molar-refractivity contribution in [3.05, 3.63) is 37.4 Å². The van der Waals surface area contributed by atoms with E-state index in [1.54, 1.807) is 35.8 Å². The Labute approximate surface area is 109 Å². The highest BCUT2D eigenvalue weighted by Crippen LogP contribution is 1.89. The maximum atomic E-state index is 9.09. The van der Waals surface area contributed by atoms with Gasteiger partial charge in [0, 0.05) is 46.2 Å². The molecule has 0 radical (unpaired) electrons. The molecule has 90 valence electrons. The number of aromatic amines is 1. The van der Waals surface area contributed by atoms with Gasteiger partial charge in [-0.15, -0.1) is 11.6 Å². The smallest absolute Gasteiger partial charge is 0.211 e. The van der Waals surface area contributed by atoms with Crippen LogP contribution in [0.1, 0.15) is 0 Å². The molecule has 16 heavy (non-hydrogen) atoms. The van der Waals surface area contributed by atoms with Gasteiger partial charge in [-0.3, -0.25) is 0 Å². The van der Waals surface area contributed by atoms with Gasteiger partial charge in [0.05, 0.1) is 18.7 Å². The van der Waals surface area contributed by atoms with Crippen LogP contribution in [0.3, 0.4) is 0 Å². The molecule has 2 aromatic heterocycles. The number of imidazole rings is 2. The lowest BCUT2D eigenvalue weighted by molar-refractivity contribution is 0.698. The average molecular weight is 304 g/mol. The lowest BCUT2D eigenvalue weighted by atomic mass is 10.9. The van der Waals surface area contributed by atoms with Crippen LogP contribution in [0.5, 0.6) is 0 Å². The zero-order chi connectivity index (χ0) is 12.2. The highest BCUT2D eigenvalue weighted by Gasteiger charge is 1.78. The highest BCUT2D eigenvalue weighted by molar-refractivity contribution is 8.26. The van der Waals surface area contributed by atoms with E-state index >= 15 is 0 Å². The van der Waals surface area contributed by atoms with Crippen LogP contribution < -0.4 is 0 Å². The Bertz CT molecular complexity index is 332. The Morgan fingerprint density at radius 3 is 2.19 bits per heavy atom. The number of nitrogens with zero attached hydrogens (tertiary/aromatic N) is 3. The fraction of sp³-hybridized carbons (Fsp3) is 0.143. The van der Waals surface area contributed by atoms with E-state index in [0.29, 0.717) is 6.00 Å². The van der Waals surface area contributed by atoms with Gasteiger partial charge in [-0.2, -0.15) is 0 Å². The standard InChI is InChI=1S/C4H5ClN2.C3H4N2.Cl2OS/c5-3-7-2-1-6-4-7;1-2-5-3-4-1;1-4(2)3/h1-2,4H,3H2;1-3H,(H,4,5);. The predicted octanol–water partition coefficient (Wildman–Crippen LogP) is 2.53. The van der Waals surface area contributed by atoms with Crippen LogP contribution in [0.25, 0.3) is 0 Å². The van der Waals surface area contributed by atoms with E-state index in [4.69, 9.17) is 15.8 Å². The van der Waals surface area contributed by atoms with Crippen molar-refractivity contribution < 1.29 is 4.21 Å². The van der Waals surface area contributed by atoms with Crippen molar-refractivity contribution in [3.8, 4) is 0 Å². The number of halogens is 3. The number of hydrogen-bond acceptors (Lipinski definition) is 3. The van der Waals surface area contributed by atoms with Crippen LogP contribution in [0.4, 0.5) is 0 Å². The summed E-state index contributed by atoms with van der Waals surface area (Å²) in [5, 5.41) is 0. The number of nitrogens with one attached hydrogen (secondary N) is 1. The van der Waals surface area contributed by atoms with Gasteiger partial charge in [-0.25, -0.2) is 14.2 Å². The van der Waals surface area contributed by atoms with E-state index in [0.717, 1.165) is 0 Å². The van der Waals surface area contributed by atoms with Crippen LogP contribution in [0.15, 0.2) is 37.4 Å². The lowest BCUT2D eigenvalue weighted by Gasteiger charge is -1.85. The van der Waals surface area contributed by atoms with Crippen LogP contribution in [-0.2, 0) is 15.2 Å². The lowest BCUT2D eigenvalue weighted by Crippen LogP contribution is -1.83. The molecule has 0 atom stereocenters. The van der Waals surface area contributed by atoms with Crippen LogP contribution in [0.2, 0.25) is 0 Å². The molecule has 2 rings (SSSR count). The molecule has 0 saturated heterocycles. The van der Waals surface area contributed by atoms with Crippen molar-refractivity contribution in [2.75, 3.05) is 0 Å². The second kappa shape index (κ2) is 10.9. The van der Waals surface area contributed by atoms with E-state index in [1.807, 2.05) is 6.20 Å². The Morgan fingerprint density at radius 1 is 1.31 bits per heavy atom. The Kier molecular flexibility index (Phi) is 10.6. The Hall–Kier alpha value is -0.560. The van der Waals surface area contributed by atoms with E-state index in [2.05, 4.69) is 36.3 Å². The highest BCUT2D eigenvalue weighted by atomic mass is 36.0. The summed E-state index contributed by atoms with van der Waals surface area (Å²) in [7, 11) is 7.36. The number of hydrogen-bond donors (Lipinski definition) is 1. The maximum Gasteiger partial charge on any atom is 0.211 e. The molecule has 0 fully saturated rings. The molecule has 1 N–H and O–H groups in total. The molecule has 0 aliphatic carbocycles. The molecule has 0 saturated carbocycles. The van der Waals surface area contributed by atoms with E-state index in [1.165, 1.54) is 0 Å². The van der Waals surface area contributed by atoms with Gasteiger partial charge in [-0.1, -0.05) is 0 Å². The maximum absolute atomic E-state index is 9.09. The predicted molar refractivity (Wildman–Crippen MR) is 66.5 cm³/mol. The zero-order valence-electron chi connectivity index (χ0n) is 7.96. The zero-order valence-corrected chi connectivity index (χ0v) is 11.0. The van der Waals surface area contributed by atoms with E-state index in [-0.39, 0.29) is 0 Å². The summed E-state index contributed by atoms with van der Waals surface area (Å²) in [5.41, 5.74) is 0. The van der Waals surface area contributed by atoms with Gasteiger partial charge in [0.15, 0.2) is 0 Å². The minimum Gasteiger partial charge on any atom is -0.351 e. The van der Waals surface area contributed by atoms with Gasteiger partial charge >= 0.3 is 0 Å². The minimum absolute atomic E-state index is 0.486. The van der Waals surface area contributed by atoms with Crippen molar-refractivity contribution in [2.45, 2.75) is 6.00 Å². The third-order valence-corrected chi connectivity index (χ3v) is 1.38. The fourth-order valence-corrected chi connectivity index (χ4v) is 0.714. The molecule has 0 aliphatic rings.